The summed E-state index contributed by atoms with van der Waals surface area (Å²) in [6.07, 6.45) is 3.50. The van der Waals surface area contributed by atoms with Gasteiger partial charge in [-0.05, 0) is 12.8 Å². The third-order valence-corrected chi connectivity index (χ3v) is 5.83. The monoisotopic (exact) mass is 274 g/mol. The van der Waals surface area contributed by atoms with Gasteiger partial charge in [-0.2, -0.15) is 4.89 Å². The van der Waals surface area contributed by atoms with Crippen LogP contribution in [-0.2, 0) is 20.3 Å². The lowest BCUT2D eigenvalue weighted by Gasteiger charge is -2.64. The van der Waals surface area contributed by atoms with Crippen LogP contribution in [0.15, 0.2) is 30.3 Å². The molecule has 1 aromatic carbocycles. The highest BCUT2D eigenvalue weighted by atomic mass is 17.3. The van der Waals surface area contributed by atoms with Crippen LogP contribution in [0.1, 0.15) is 45.6 Å². The molecule has 20 heavy (non-hydrogen) atoms. The van der Waals surface area contributed by atoms with Gasteiger partial charge in [0.15, 0.2) is 5.60 Å². The van der Waals surface area contributed by atoms with Crippen LogP contribution < -0.4 is 0 Å². The molecular formula is C17H22O3. The van der Waals surface area contributed by atoms with Crippen molar-refractivity contribution in [2.75, 3.05) is 6.61 Å². The standard InChI is InChI=1S/C17H22O3/c1-14(2)10-7-11-15(3)12-18-16(17(14,15)20-19-16)13-8-5-4-6-9-13/h4-6,8-9H,7,10-12H2,1-3H3/t15-,16+,17+/m1/s1. The molecule has 4 rings (SSSR count). The molecule has 0 bridgehead atoms. The maximum absolute atomic E-state index is 6.25. The van der Waals surface area contributed by atoms with E-state index < -0.39 is 5.79 Å². The average molecular weight is 274 g/mol. The Kier molecular flexibility index (Phi) is 2.34. The lowest BCUT2D eigenvalue weighted by molar-refractivity contribution is -0.630. The van der Waals surface area contributed by atoms with Gasteiger partial charge in [-0.25, -0.2) is 4.89 Å². The second-order valence-corrected chi connectivity index (χ2v) is 7.42. The lowest BCUT2D eigenvalue weighted by atomic mass is 9.50. The molecule has 3 heteroatoms. The maximum Gasteiger partial charge on any atom is 0.261 e. The first-order valence-corrected chi connectivity index (χ1v) is 7.54. The van der Waals surface area contributed by atoms with E-state index in [1.807, 2.05) is 18.2 Å². The summed E-state index contributed by atoms with van der Waals surface area (Å²) >= 11 is 0. The van der Waals surface area contributed by atoms with Crippen molar-refractivity contribution in [3.63, 3.8) is 0 Å². The molecule has 0 aromatic heterocycles. The first-order chi connectivity index (χ1) is 9.48. The van der Waals surface area contributed by atoms with E-state index in [2.05, 4.69) is 32.9 Å². The van der Waals surface area contributed by atoms with E-state index in [0.717, 1.165) is 18.4 Å². The molecule has 1 saturated carbocycles. The van der Waals surface area contributed by atoms with Gasteiger partial charge >= 0.3 is 0 Å². The highest BCUT2D eigenvalue weighted by Gasteiger charge is 2.83. The molecule has 2 aliphatic heterocycles. The Morgan fingerprint density at radius 1 is 0.950 bits per heavy atom. The molecule has 0 unspecified atom stereocenters. The van der Waals surface area contributed by atoms with Crippen LogP contribution in [0.5, 0.6) is 0 Å². The molecule has 3 atom stereocenters. The van der Waals surface area contributed by atoms with Gasteiger partial charge < -0.3 is 4.74 Å². The fraction of sp³-hybridized carbons (Fsp3) is 0.647. The van der Waals surface area contributed by atoms with Crippen molar-refractivity contribution < 1.29 is 14.5 Å². The first-order valence-electron chi connectivity index (χ1n) is 7.54. The summed E-state index contributed by atoms with van der Waals surface area (Å²) in [4.78, 5) is 11.6. The molecule has 3 fully saturated rings. The maximum atomic E-state index is 6.25. The first kappa shape index (κ1) is 12.8. The lowest BCUT2D eigenvalue weighted by Crippen LogP contribution is -2.75. The van der Waals surface area contributed by atoms with Gasteiger partial charge in [0.1, 0.15) is 0 Å². The topological polar surface area (TPSA) is 27.7 Å². The van der Waals surface area contributed by atoms with Gasteiger partial charge in [-0.1, -0.05) is 57.5 Å². The molecule has 1 aliphatic carbocycles. The minimum Gasteiger partial charge on any atom is -0.341 e. The second-order valence-electron chi connectivity index (χ2n) is 7.42. The Morgan fingerprint density at radius 2 is 1.70 bits per heavy atom. The molecule has 108 valence electrons. The zero-order chi connectivity index (χ0) is 14.1. The third kappa shape index (κ3) is 1.15. The normalized spacial score (nSPS) is 45.4. The summed E-state index contributed by atoms with van der Waals surface area (Å²) in [6, 6.07) is 10.3. The summed E-state index contributed by atoms with van der Waals surface area (Å²) < 4.78 is 6.25. The van der Waals surface area contributed by atoms with Gasteiger partial charge in [0.25, 0.3) is 5.79 Å². The summed E-state index contributed by atoms with van der Waals surface area (Å²) in [6.45, 7) is 7.57. The zero-order valence-corrected chi connectivity index (χ0v) is 12.4. The van der Waals surface area contributed by atoms with Crippen molar-refractivity contribution in [1.82, 2.24) is 0 Å². The Bertz CT molecular complexity index is 540. The Hall–Kier alpha value is -0.900. The van der Waals surface area contributed by atoms with Crippen molar-refractivity contribution in [3.8, 4) is 0 Å². The van der Waals surface area contributed by atoms with Crippen LogP contribution in [0.4, 0.5) is 0 Å². The highest BCUT2D eigenvalue weighted by Crippen LogP contribution is 2.73. The van der Waals surface area contributed by atoms with Gasteiger partial charge in [-0.3, -0.25) is 0 Å². The largest absolute Gasteiger partial charge is 0.341 e. The van der Waals surface area contributed by atoms with E-state index in [1.165, 1.54) is 6.42 Å². The molecule has 1 aromatic rings. The fourth-order valence-electron chi connectivity index (χ4n) is 4.90. The van der Waals surface area contributed by atoms with Crippen LogP contribution in [-0.4, -0.2) is 12.2 Å². The van der Waals surface area contributed by atoms with E-state index in [4.69, 9.17) is 14.5 Å². The molecule has 1 spiro atoms. The third-order valence-electron chi connectivity index (χ3n) is 5.83. The number of ether oxygens (including phenoxy) is 1. The van der Waals surface area contributed by atoms with E-state index in [0.29, 0.717) is 6.61 Å². The van der Waals surface area contributed by atoms with Gasteiger partial charge in [0.2, 0.25) is 0 Å². The molecule has 2 heterocycles. The van der Waals surface area contributed by atoms with Crippen LogP contribution >= 0.6 is 0 Å². The quantitative estimate of drug-likeness (QED) is 0.729. The smallest absolute Gasteiger partial charge is 0.261 e. The molecule has 0 amide bonds. The number of rotatable bonds is 1. The van der Waals surface area contributed by atoms with Gasteiger partial charge in [0, 0.05) is 16.4 Å². The zero-order valence-electron chi connectivity index (χ0n) is 12.4. The van der Waals surface area contributed by atoms with Crippen LogP contribution in [0, 0.1) is 10.8 Å². The molecule has 3 nitrogen and oxygen atoms in total. The predicted molar refractivity (Wildman–Crippen MR) is 74.7 cm³/mol. The van der Waals surface area contributed by atoms with Crippen molar-refractivity contribution in [2.45, 2.75) is 51.4 Å². The molecule has 0 radical (unpaired) electrons. The summed E-state index contributed by atoms with van der Waals surface area (Å²) in [5.41, 5.74) is 0.741. The molecule has 0 N–H and O–H groups in total. The summed E-state index contributed by atoms with van der Waals surface area (Å²) in [5.74, 6) is -0.729. The van der Waals surface area contributed by atoms with E-state index in [1.54, 1.807) is 0 Å². The Labute approximate surface area is 120 Å². The molecule has 2 saturated heterocycles. The van der Waals surface area contributed by atoms with Gasteiger partial charge in [-0.15, -0.1) is 0 Å². The summed E-state index contributed by atoms with van der Waals surface area (Å²) in [7, 11) is 0. The van der Waals surface area contributed by atoms with Crippen LogP contribution in [0.2, 0.25) is 0 Å². The summed E-state index contributed by atoms with van der Waals surface area (Å²) in [5, 5.41) is 0. The predicted octanol–water partition coefficient (Wildman–Crippen LogP) is 3.79. The molecular weight excluding hydrogens is 252 g/mol. The number of hydrogen-bond donors (Lipinski definition) is 0. The van der Waals surface area contributed by atoms with Crippen molar-refractivity contribution >= 4 is 0 Å². The highest BCUT2D eigenvalue weighted by molar-refractivity contribution is 5.33. The molecule has 3 aliphatic rings. The van der Waals surface area contributed by atoms with E-state index in [-0.39, 0.29) is 16.4 Å². The number of hydrogen-bond acceptors (Lipinski definition) is 3. The van der Waals surface area contributed by atoms with Crippen molar-refractivity contribution in [3.05, 3.63) is 35.9 Å². The fourth-order valence-corrected chi connectivity index (χ4v) is 4.90. The van der Waals surface area contributed by atoms with E-state index >= 15 is 0 Å². The van der Waals surface area contributed by atoms with E-state index in [9.17, 15) is 0 Å². The number of benzene rings is 1. The van der Waals surface area contributed by atoms with Crippen molar-refractivity contribution in [2.24, 2.45) is 10.8 Å². The van der Waals surface area contributed by atoms with Crippen molar-refractivity contribution in [1.29, 1.82) is 0 Å². The van der Waals surface area contributed by atoms with Gasteiger partial charge in [0.05, 0.1) is 6.61 Å². The minimum atomic E-state index is -0.729. The minimum absolute atomic E-state index is 0.0167. The second kappa shape index (κ2) is 3.65. The SMILES string of the molecule is CC1(C)CCC[C@]2(C)CO[C@@]3(c4ccccc4)OO[C@@]123. The average Bonchev–Trinajstić information content (AvgIpc) is 2.56. The van der Waals surface area contributed by atoms with Crippen LogP contribution in [0.25, 0.3) is 0 Å². The van der Waals surface area contributed by atoms with Crippen LogP contribution in [0.3, 0.4) is 0 Å². The Balaban J connectivity index is 1.91. The Morgan fingerprint density at radius 3 is 2.35 bits per heavy atom.